The molecule has 1 aromatic rings. The predicted molar refractivity (Wildman–Crippen MR) is 55.7 cm³/mol. The monoisotopic (exact) mass is 273 g/mol. The molecule has 0 atom stereocenters. The van der Waals surface area contributed by atoms with Gasteiger partial charge in [-0.2, -0.15) is 0 Å². The van der Waals surface area contributed by atoms with Gasteiger partial charge in [-0.05, 0) is 34.5 Å². The van der Waals surface area contributed by atoms with Crippen molar-refractivity contribution in [2.45, 2.75) is 6.42 Å². The van der Waals surface area contributed by atoms with Crippen molar-refractivity contribution in [2.75, 3.05) is 13.2 Å². The molecule has 0 aromatic heterocycles. The fourth-order valence-corrected chi connectivity index (χ4v) is 1.78. The van der Waals surface area contributed by atoms with Gasteiger partial charge in [0.15, 0.2) is 0 Å². The van der Waals surface area contributed by atoms with Crippen LogP contribution in [-0.2, 0) is 4.84 Å². The molecule has 80 valence electrons. The molecule has 1 amide bonds. The lowest BCUT2D eigenvalue weighted by atomic mass is 10.2. The van der Waals surface area contributed by atoms with Crippen molar-refractivity contribution in [3.05, 3.63) is 34.1 Å². The molecular formula is C10H9BrFNO2. The largest absolute Gasteiger partial charge is 0.280 e. The van der Waals surface area contributed by atoms with Crippen LogP contribution in [0.3, 0.4) is 0 Å². The third kappa shape index (κ3) is 2.03. The van der Waals surface area contributed by atoms with Crippen LogP contribution >= 0.6 is 15.9 Å². The maximum absolute atomic E-state index is 13.6. The first-order valence-corrected chi connectivity index (χ1v) is 5.38. The molecular weight excluding hydrogens is 265 g/mol. The van der Waals surface area contributed by atoms with Crippen LogP contribution in [0.2, 0.25) is 0 Å². The van der Waals surface area contributed by atoms with Gasteiger partial charge in [-0.25, -0.2) is 9.45 Å². The summed E-state index contributed by atoms with van der Waals surface area (Å²) in [6, 6.07) is 4.62. The summed E-state index contributed by atoms with van der Waals surface area (Å²) >= 11 is 3.04. The van der Waals surface area contributed by atoms with Crippen LogP contribution in [0.25, 0.3) is 0 Å². The number of nitrogens with zero attached hydrogens (tertiary/aromatic N) is 1. The van der Waals surface area contributed by atoms with Gasteiger partial charge in [-0.1, -0.05) is 6.07 Å². The van der Waals surface area contributed by atoms with Gasteiger partial charge >= 0.3 is 0 Å². The van der Waals surface area contributed by atoms with E-state index in [0.29, 0.717) is 13.2 Å². The maximum atomic E-state index is 13.6. The average molecular weight is 274 g/mol. The quantitative estimate of drug-likeness (QED) is 0.786. The number of hydrogen-bond donors (Lipinski definition) is 0. The molecule has 0 spiro atoms. The highest BCUT2D eigenvalue weighted by molar-refractivity contribution is 9.10. The van der Waals surface area contributed by atoms with E-state index in [2.05, 4.69) is 15.9 Å². The summed E-state index contributed by atoms with van der Waals surface area (Å²) < 4.78 is 13.8. The normalized spacial score (nSPS) is 15.7. The van der Waals surface area contributed by atoms with E-state index in [0.717, 1.165) is 6.42 Å². The molecule has 1 saturated heterocycles. The number of rotatable bonds is 1. The Bertz CT molecular complexity index is 391. The summed E-state index contributed by atoms with van der Waals surface area (Å²) in [4.78, 5) is 16.8. The van der Waals surface area contributed by atoms with Crippen LogP contribution in [0.15, 0.2) is 22.7 Å². The van der Waals surface area contributed by atoms with E-state index in [1.54, 1.807) is 12.1 Å². The molecule has 2 rings (SSSR count). The summed E-state index contributed by atoms with van der Waals surface area (Å²) in [5.41, 5.74) is 0.0336. The molecule has 0 aliphatic carbocycles. The van der Waals surface area contributed by atoms with Crippen molar-refractivity contribution in [3.8, 4) is 0 Å². The summed E-state index contributed by atoms with van der Waals surface area (Å²) in [6.45, 7) is 1.03. The van der Waals surface area contributed by atoms with Crippen molar-refractivity contribution < 1.29 is 14.0 Å². The lowest BCUT2D eigenvalue weighted by Crippen LogP contribution is -2.27. The number of carbonyl (C=O) groups excluding carboxylic acids is 1. The van der Waals surface area contributed by atoms with E-state index in [4.69, 9.17) is 4.84 Å². The van der Waals surface area contributed by atoms with E-state index in [9.17, 15) is 9.18 Å². The minimum absolute atomic E-state index is 0.0336. The minimum atomic E-state index is -0.544. The molecule has 0 radical (unpaired) electrons. The average Bonchev–Trinajstić information content (AvgIpc) is 2.74. The Kier molecular flexibility index (Phi) is 3.02. The van der Waals surface area contributed by atoms with Crippen molar-refractivity contribution in [1.29, 1.82) is 0 Å². The smallest absolute Gasteiger partial charge is 0.271 e. The van der Waals surface area contributed by atoms with Gasteiger partial charge in [-0.3, -0.25) is 9.63 Å². The second-order valence-electron chi connectivity index (χ2n) is 3.20. The van der Waals surface area contributed by atoms with Gasteiger partial charge in [0, 0.05) is 0 Å². The van der Waals surface area contributed by atoms with Crippen molar-refractivity contribution in [1.82, 2.24) is 5.06 Å². The number of hydroxylamine groups is 2. The summed E-state index contributed by atoms with van der Waals surface area (Å²) in [5.74, 6) is -0.968. The molecule has 0 N–H and O–H groups in total. The van der Waals surface area contributed by atoms with E-state index in [-0.39, 0.29) is 10.0 Å². The number of amides is 1. The number of halogens is 2. The van der Waals surface area contributed by atoms with Gasteiger partial charge in [-0.15, -0.1) is 0 Å². The second kappa shape index (κ2) is 4.28. The highest BCUT2D eigenvalue weighted by atomic mass is 79.9. The zero-order chi connectivity index (χ0) is 10.8. The van der Waals surface area contributed by atoms with Crippen LogP contribution in [0.5, 0.6) is 0 Å². The molecule has 1 aliphatic rings. The SMILES string of the molecule is O=C(c1cccc(Br)c1F)N1CCCO1. The molecule has 0 saturated carbocycles. The molecule has 1 fully saturated rings. The Morgan fingerprint density at radius 3 is 3.00 bits per heavy atom. The van der Waals surface area contributed by atoms with E-state index < -0.39 is 11.7 Å². The highest BCUT2D eigenvalue weighted by Gasteiger charge is 2.24. The Morgan fingerprint density at radius 2 is 2.33 bits per heavy atom. The Labute approximate surface area is 94.9 Å². The molecule has 1 heterocycles. The Balaban J connectivity index is 2.28. The Hall–Kier alpha value is -0.940. The first kappa shape index (κ1) is 10.6. The fourth-order valence-electron chi connectivity index (χ4n) is 1.41. The number of hydrogen-bond acceptors (Lipinski definition) is 2. The van der Waals surface area contributed by atoms with Crippen molar-refractivity contribution in [3.63, 3.8) is 0 Å². The van der Waals surface area contributed by atoms with E-state index >= 15 is 0 Å². The molecule has 15 heavy (non-hydrogen) atoms. The lowest BCUT2D eigenvalue weighted by molar-refractivity contribution is -0.0770. The summed E-state index contributed by atoms with van der Waals surface area (Å²) in [5, 5.41) is 1.20. The standard InChI is InChI=1S/C10H9BrFNO2/c11-8-4-1-3-7(9(8)12)10(14)13-5-2-6-15-13/h1,3-4H,2,5-6H2. The van der Waals surface area contributed by atoms with Gasteiger partial charge in [0.05, 0.1) is 23.2 Å². The molecule has 1 aliphatic heterocycles. The summed E-state index contributed by atoms with van der Waals surface area (Å²) in [7, 11) is 0. The molecule has 5 heteroatoms. The highest BCUT2D eigenvalue weighted by Crippen LogP contribution is 2.21. The zero-order valence-electron chi connectivity index (χ0n) is 7.87. The summed E-state index contributed by atoms with van der Waals surface area (Å²) in [6.07, 6.45) is 0.793. The van der Waals surface area contributed by atoms with Gasteiger partial charge in [0.1, 0.15) is 5.82 Å². The molecule has 1 aromatic carbocycles. The lowest BCUT2D eigenvalue weighted by Gasteiger charge is -2.14. The van der Waals surface area contributed by atoms with Crippen molar-refractivity contribution >= 4 is 21.8 Å². The third-order valence-corrected chi connectivity index (χ3v) is 2.77. The van der Waals surface area contributed by atoms with Crippen LogP contribution in [0.1, 0.15) is 16.8 Å². The predicted octanol–water partition coefficient (Wildman–Crippen LogP) is 2.37. The van der Waals surface area contributed by atoms with Crippen molar-refractivity contribution in [2.24, 2.45) is 0 Å². The van der Waals surface area contributed by atoms with Gasteiger partial charge in [0.2, 0.25) is 0 Å². The third-order valence-electron chi connectivity index (χ3n) is 2.16. The zero-order valence-corrected chi connectivity index (χ0v) is 9.46. The van der Waals surface area contributed by atoms with Gasteiger partial charge < -0.3 is 0 Å². The van der Waals surface area contributed by atoms with Gasteiger partial charge in [0.25, 0.3) is 5.91 Å². The first-order valence-electron chi connectivity index (χ1n) is 4.59. The number of carbonyl (C=O) groups is 1. The van der Waals surface area contributed by atoms with Crippen LogP contribution in [0.4, 0.5) is 4.39 Å². The van der Waals surface area contributed by atoms with E-state index in [1.165, 1.54) is 11.1 Å². The van der Waals surface area contributed by atoms with Crippen LogP contribution in [0, 0.1) is 5.82 Å². The topological polar surface area (TPSA) is 29.5 Å². The fraction of sp³-hybridized carbons (Fsp3) is 0.300. The number of benzene rings is 1. The molecule has 3 nitrogen and oxygen atoms in total. The first-order chi connectivity index (χ1) is 7.20. The second-order valence-corrected chi connectivity index (χ2v) is 4.05. The minimum Gasteiger partial charge on any atom is -0.271 e. The molecule has 0 unspecified atom stereocenters. The molecule has 0 bridgehead atoms. The maximum Gasteiger partial charge on any atom is 0.280 e. The Morgan fingerprint density at radius 1 is 1.53 bits per heavy atom. The van der Waals surface area contributed by atoms with Crippen LogP contribution in [-0.4, -0.2) is 24.1 Å². The van der Waals surface area contributed by atoms with E-state index in [1.807, 2.05) is 0 Å². The van der Waals surface area contributed by atoms with Crippen LogP contribution < -0.4 is 0 Å².